The van der Waals surface area contributed by atoms with E-state index in [2.05, 4.69) is 24.5 Å². The average Bonchev–Trinajstić information content (AvgIpc) is 2.14. The van der Waals surface area contributed by atoms with E-state index in [0.29, 0.717) is 13.2 Å². The molecule has 0 aliphatic rings. The van der Waals surface area contributed by atoms with Gasteiger partial charge in [0.2, 0.25) is 5.91 Å². The van der Waals surface area contributed by atoms with Crippen LogP contribution in [0.5, 0.6) is 0 Å². The Balaban J connectivity index is 3.91. The minimum atomic E-state index is -0.212. The van der Waals surface area contributed by atoms with Crippen molar-refractivity contribution in [1.29, 1.82) is 0 Å². The molecule has 0 saturated carbocycles. The molecule has 4 heteroatoms. The van der Waals surface area contributed by atoms with Gasteiger partial charge in [-0.1, -0.05) is 0 Å². The maximum absolute atomic E-state index is 10.7. The molecule has 0 aliphatic heterocycles. The van der Waals surface area contributed by atoms with Crippen LogP contribution in [0.25, 0.3) is 0 Å². The van der Waals surface area contributed by atoms with Crippen LogP contribution in [0.15, 0.2) is 0 Å². The molecule has 96 valence electrons. The standard InChI is InChI=1S/C12H26N2O2/c1-10(15)14-8-7-12(4,5)16-9-11(2,3)13-6/h13H,7-9H2,1-6H3,(H,14,15). The number of rotatable bonds is 7. The molecule has 0 aromatic carbocycles. The van der Waals surface area contributed by atoms with E-state index in [1.807, 2.05) is 20.9 Å². The molecule has 0 heterocycles. The lowest BCUT2D eigenvalue weighted by atomic mass is 10.0. The lowest BCUT2D eigenvalue weighted by molar-refractivity contribution is -0.119. The first-order valence-electron chi connectivity index (χ1n) is 5.76. The summed E-state index contributed by atoms with van der Waals surface area (Å²) in [7, 11) is 1.92. The first-order chi connectivity index (χ1) is 7.18. The van der Waals surface area contributed by atoms with Crippen molar-refractivity contribution in [2.24, 2.45) is 0 Å². The number of hydrogen-bond acceptors (Lipinski definition) is 3. The molecule has 2 N–H and O–H groups in total. The van der Waals surface area contributed by atoms with Crippen LogP contribution in [0.2, 0.25) is 0 Å². The summed E-state index contributed by atoms with van der Waals surface area (Å²) in [6, 6.07) is 0. The minimum Gasteiger partial charge on any atom is -0.374 e. The highest BCUT2D eigenvalue weighted by Crippen LogP contribution is 2.16. The van der Waals surface area contributed by atoms with Crippen molar-refractivity contribution in [3.63, 3.8) is 0 Å². The summed E-state index contributed by atoms with van der Waals surface area (Å²) in [5.74, 6) is 0.00588. The summed E-state index contributed by atoms with van der Waals surface area (Å²) in [4.78, 5) is 10.7. The van der Waals surface area contributed by atoms with E-state index in [1.54, 1.807) is 0 Å². The second kappa shape index (κ2) is 6.21. The van der Waals surface area contributed by atoms with Gasteiger partial charge in [-0.3, -0.25) is 4.79 Å². The van der Waals surface area contributed by atoms with Crippen LogP contribution in [0, 0.1) is 0 Å². The summed E-state index contributed by atoms with van der Waals surface area (Å²) in [6.45, 7) is 11.1. The van der Waals surface area contributed by atoms with Gasteiger partial charge in [0.1, 0.15) is 0 Å². The molecule has 1 amide bonds. The molecular formula is C12H26N2O2. The topological polar surface area (TPSA) is 50.4 Å². The summed E-state index contributed by atoms with van der Waals surface area (Å²) in [6.07, 6.45) is 0.812. The Morgan fingerprint density at radius 1 is 1.25 bits per heavy atom. The Bertz CT molecular complexity index is 225. The van der Waals surface area contributed by atoms with Gasteiger partial charge in [0.25, 0.3) is 0 Å². The molecule has 4 nitrogen and oxygen atoms in total. The number of carbonyl (C=O) groups is 1. The van der Waals surface area contributed by atoms with E-state index in [9.17, 15) is 4.79 Å². The monoisotopic (exact) mass is 230 g/mol. The van der Waals surface area contributed by atoms with Crippen LogP contribution in [0.3, 0.4) is 0 Å². The molecule has 0 saturated heterocycles. The predicted octanol–water partition coefficient (Wildman–Crippen LogP) is 1.31. The lowest BCUT2D eigenvalue weighted by Crippen LogP contribution is -2.44. The van der Waals surface area contributed by atoms with Crippen molar-refractivity contribution in [1.82, 2.24) is 10.6 Å². The largest absolute Gasteiger partial charge is 0.374 e. The van der Waals surface area contributed by atoms with Crippen LogP contribution >= 0.6 is 0 Å². The quantitative estimate of drug-likeness (QED) is 0.693. The smallest absolute Gasteiger partial charge is 0.216 e. The number of amides is 1. The van der Waals surface area contributed by atoms with Gasteiger partial charge in [-0.2, -0.15) is 0 Å². The highest BCUT2D eigenvalue weighted by atomic mass is 16.5. The molecule has 16 heavy (non-hydrogen) atoms. The van der Waals surface area contributed by atoms with Gasteiger partial charge in [-0.15, -0.1) is 0 Å². The van der Waals surface area contributed by atoms with Crippen LogP contribution in [0.4, 0.5) is 0 Å². The van der Waals surface area contributed by atoms with E-state index >= 15 is 0 Å². The Kier molecular flexibility index (Phi) is 5.97. The third-order valence-corrected chi connectivity index (χ3v) is 2.60. The van der Waals surface area contributed by atoms with E-state index in [4.69, 9.17) is 4.74 Å². The van der Waals surface area contributed by atoms with E-state index < -0.39 is 0 Å². The van der Waals surface area contributed by atoms with Crippen LogP contribution in [-0.2, 0) is 9.53 Å². The molecule has 0 aliphatic carbocycles. The van der Waals surface area contributed by atoms with Gasteiger partial charge in [-0.25, -0.2) is 0 Å². The summed E-state index contributed by atoms with van der Waals surface area (Å²) >= 11 is 0. The van der Waals surface area contributed by atoms with Crippen molar-refractivity contribution in [3.8, 4) is 0 Å². The number of ether oxygens (including phenoxy) is 1. The first kappa shape index (κ1) is 15.4. The second-order valence-corrected chi connectivity index (χ2v) is 5.42. The fourth-order valence-electron chi connectivity index (χ4n) is 1.06. The average molecular weight is 230 g/mol. The van der Waals surface area contributed by atoms with Crippen molar-refractivity contribution in [2.75, 3.05) is 20.2 Å². The minimum absolute atomic E-state index is 0.00588. The van der Waals surface area contributed by atoms with Crippen LogP contribution < -0.4 is 10.6 Å². The molecule has 0 atom stereocenters. The van der Waals surface area contributed by atoms with Crippen LogP contribution in [-0.4, -0.2) is 37.2 Å². The third-order valence-electron chi connectivity index (χ3n) is 2.60. The first-order valence-corrected chi connectivity index (χ1v) is 5.76. The van der Waals surface area contributed by atoms with Crippen molar-refractivity contribution in [2.45, 2.75) is 52.2 Å². The molecule has 0 aromatic rings. The fraction of sp³-hybridized carbons (Fsp3) is 0.917. The van der Waals surface area contributed by atoms with Crippen molar-refractivity contribution >= 4 is 5.91 Å². The van der Waals surface area contributed by atoms with Crippen molar-refractivity contribution < 1.29 is 9.53 Å². The molecule has 0 unspecified atom stereocenters. The lowest BCUT2D eigenvalue weighted by Gasteiger charge is -2.31. The van der Waals surface area contributed by atoms with Crippen LogP contribution in [0.1, 0.15) is 41.0 Å². The Morgan fingerprint density at radius 3 is 2.25 bits per heavy atom. The number of nitrogens with one attached hydrogen (secondary N) is 2. The van der Waals surface area contributed by atoms with E-state index in [1.165, 1.54) is 6.92 Å². The summed E-state index contributed by atoms with van der Waals surface area (Å²) < 4.78 is 5.85. The highest BCUT2D eigenvalue weighted by Gasteiger charge is 2.23. The Hall–Kier alpha value is -0.610. The van der Waals surface area contributed by atoms with Gasteiger partial charge in [0.05, 0.1) is 12.2 Å². The normalized spacial score (nSPS) is 12.6. The second-order valence-electron chi connectivity index (χ2n) is 5.42. The zero-order chi connectivity index (χ0) is 12.8. The molecule has 0 rings (SSSR count). The van der Waals surface area contributed by atoms with E-state index in [-0.39, 0.29) is 17.0 Å². The van der Waals surface area contributed by atoms with Gasteiger partial charge >= 0.3 is 0 Å². The van der Waals surface area contributed by atoms with Gasteiger partial charge in [-0.05, 0) is 41.2 Å². The molecule has 0 fully saturated rings. The Labute approximate surface area is 99.1 Å². The van der Waals surface area contributed by atoms with Gasteiger partial charge in [0, 0.05) is 19.0 Å². The zero-order valence-corrected chi connectivity index (χ0v) is 11.4. The summed E-state index contributed by atoms with van der Waals surface area (Å²) in [5, 5.41) is 5.97. The maximum atomic E-state index is 10.7. The zero-order valence-electron chi connectivity index (χ0n) is 11.4. The Morgan fingerprint density at radius 2 is 1.81 bits per heavy atom. The number of hydrogen-bond donors (Lipinski definition) is 2. The highest BCUT2D eigenvalue weighted by molar-refractivity contribution is 5.72. The molecule has 0 spiro atoms. The molecule has 0 bridgehead atoms. The number of carbonyl (C=O) groups excluding carboxylic acids is 1. The SMILES string of the molecule is CNC(C)(C)COC(C)(C)CCNC(C)=O. The van der Waals surface area contributed by atoms with Crippen molar-refractivity contribution in [3.05, 3.63) is 0 Å². The van der Waals surface area contributed by atoms with Gasteiger partial charge < -0.3 is 15.4 Å². The van der Waals surface area contributed by atoms with Gasteiger partial charge in [0.15, 0.2) is 0 Å². The van der Waals surface area contributed by atoms with E-state index in [0.717, 1.165) is 6.42 Å². The third kappa shape index (κ3) is 7.65. The number of likely N-dealkylation sites (N-methyl/N-ethyl adjacent to an activating group) is 1. The predicted molar refractivity (Wildman–Crippen MR) is 66.5 cm³/mol. The molecular weight excluding hydrogens is 204 g/mol. The summed E-state index contributed by atoms with van der Waals surface area (Å²) in [5.41, 5.74) is -0.234. The molecule has 0 radical (unpaired) electrons. The molecule has 0 aromatic heterocycles. The maximum Gasteiger partial charge on any atom is 0.216 e. The fourth-order valence-corrected chi connectivity index (χ4v) is 1.06.